The van der Waals surface area contributed by atoms with Crippen molar-refractivity contribution in [2.24, 2.45) is 0 Å². The lowest BCUT2D eigenvalue weighted by molar-refractivity contribution is 0.361. The van der Waals surface area contributed by atoms with Crippen molar-refractivity contribution in [3.8, 4) is 0 Å². The third-order valence-electron chi connectivity index (χ3n) is 0.152. The van der Waals surface area contributed by atoms with Crippen LogP contribution in [0, 0.1) is 0 Å². The molecule has 0 N–H and O–H groups in total. The Hall–Kier alpha value is -0.230. The summed E-state index contributed by atoms with van der Waals surface area (Å²) in [5.74, 6) is 0. The first kappa shape index (κ1) is 7.77. The molecule has 0 aliphatic rings. The fourth-order valence-corrected chi connectivity index (χ4v) is 0.671. The maximum atomic E-state index is 9.28. The number of rotatable bonds is 2. The summed E-state index contributed by atoms with van der Waals surface area (Å²) in [5, 5.41) is 0. The van der Waals surface area contributed by atoms with Crippen molar-refractivity contribution in [1.29, 1.82) is 0 Å². The van der Waals surface area contributed by atoms with Crippen molar-refractivity contribution in [2.45, 2.75) is 0 Å². The van der Waals surface area contributed by atoms with E-state index in [4.69, 9.17) is 0 Å². The van der Waals surface area contributed by atoms with Gasteiger partial charge in [0, 0.05) is 0 Å². The normalized spacial score (nSPS) is 11.1. The van der Waals surface area contributed by atoms with Gasteiger partial charge in [0.05, 0.1) is 0 Å². The van der Waals surface area contributed by atoms with E-state index in [0.717, 1.165) is 0 Å². The highest BCUT2D eigenvalue weighted by molar-refractivity contribution is 7.83. The molecule has 0 aromatic rings. The zero-order valence-electron chi connectivity index (χ0n) is 3.30. The molecule has 8 heteroatoms. The Balaban J connectivity index is 4.16. The highest BCUT2D eigenvalue weighted by Crippen LogP contribution is 2.07. The standard InChI is InChI=1S/HO6PS/c1-7(2)6-8(3,4)5/h(H,3,4,5)/p-1. The largest absolute Gasteiger partial charge is 0.725 e. The Morgan fingerprint density at radius 2 is 1.75 bits per heavy atom. The van der Waals surface area contributed by atoms with Gasteiger partial charge in [0.2, 0.25) is 10.4 Å². The molecule has 0 aromatic heterocycles. The van der Waals surface area contributed by atoms with Crippen LogP contribution in [0.25, 0.3) is 0 Å². The van der Waals surface area contributed by atoms with E-state index in [1.54, 1.807) is 0 Å². The molecule has 0 rings (SSSR count). The van der Waals surface area contributed by atoms with Gasteiger partial charge in [0.15, 0.2) is 0 Å². The van der Waals surface area contributed by atoms with Gasteiger partial charge < -0.3 is 4.55 Å². The molecular weight excluding hydrogens is 159 g/mol. The Kier molecular flexibility index (Phi) is 2.29. The van der Waals surface area contributed by atoms with Crippen LogP contribution >= 0.6 is 7.91 Å². The van der Waals surface area contributed by atoms with Crippen LogP contribution in [0.2, 0.25) is 0 Å². The van der Waals surface area contributed by atoms with Crippen LogP contribution < -0.4 is 0 Å². The van der Waals surface area contributed by atoms with Crippen LogP contribution in [0.15, 0.2) is 0 Å². The van der Waals surface area contributed by atoms with Gasteiger partial charge in [0.25, 0.3) is 0 Å². The summed E-state index contributed by atoms with van der Waals surface area (Å²) in [6, 6.07) is 0. The first-order chi connectivity index (χ1) is 3.42. The van der Waals surface area contributed by atoms with E-state index in [1.807, 2.05) is 0 Å². The van der Waals surface area contributed by atoms with Crippen LogP contribution in [0.1, 0.15) is 0 Å². The van der Waals surface area contributed by atoms with E-state index in [1.165, 1.54) is 0 Å². The fraction of sp³-hybridized carbons (Fsp3) is 0. The Bertz CT molecular complexity index is 209. The van der Waals surface area contributed by atoms with Crippen molar-refractivity contribution in [3.63, 3.8) is 0 Å². The molecule has 0 aromatic carbocycles. The second-order valence-corrected chi connectivity index (χ2v) is 2.57. The average Bonchev–Trinajstić information content (AvgIpc) is 1.21. The van der Waals surface area contributed by atoms with Gasteiger partial charge in [-0.25, -0.2) is 17.5 Å². The average molecular weight is 159 g/mol. The fourth-order valence-electron chi connectivity index (χ4n) is 0.0745. The van der Waals surface area contributed by atoms with E-state index in [2.05, 4.69) is 3.97 Å². The Morgan fingerprint density at radius 3 is 1.75 bits per heavy atom. The second kappa shape index (κ2) is 2.36. The second-order valence-electron chi connectivity index (χ2n) is 0.706. The summed E-state index contributed by atoms with van der Waals surface area (Å²) in [6.07, 6.45) is 0. The minimum Gasteiger partial charge on any atom is -0.725 e. The monoisotopic (exact) mass is 159 g/mol. The van der Waals surface area contributed by atoms with Crippen LogP contribution in [-0.4, -0.2) is 13.0 Å². The highest BCUT2D eigenvalue weighted by atomic mass is 32.3. The molecule has 0 saturated heterocycles. The van der Waals surface area contributed by atoms with E-state index in [9.17, 15) is 22.1 Å². The molecule has 0 unspecified atom stereocenters. The Labute approximate surface area is 45.3 Å². The third-order valence-corrected chi connectivity index (χ3v) is 1.37. The minimum atomic E-state index is -5.07. The number of hydrogen-bond acceptors (Lipinski definition) is 6. The van der Waals surface area contributed by atoms with Crippen molar-refractivity contribution in [1.82, 2.24) is 0 Å². The summed E-state index contributed by atoms with van der Waals surface area (Å²) in [4.78, 5) is 0. The number of hydrogen-bond donors (Lipinski definition) is 0. The molecule has 8 heavy (non-hydrogen) atoms. The molecule has 0 spiro atoms. The molecule has 0 amide bonds. The van der Waals surface area contributed by atoms with Crippen LogP contribution in [-0.2, 0) is 23.5 Å². The predicted molar refractivity (Wildman–Crippen MR) is 19.1 cm³/mol. The highest BCUT2D eigenvalue weighted by Gasteiger charge is 1.96. The maximum absolute atomic E-state index is 9.28. The van der Waals surface area contributed by atoms with Gasteiger partial charge in [-0.15, -0.1) is 0 Å². The molecular formula is O6PS-. The summed E-state index contributed by atoms with van der Waals surface area (Å²) in [5.41, 5.74) is 0. The zero-order chi connectivity index (χ0) is 6.78. The minimum absolute atomic E-state index is 2.81. The summed E-state index contributed by atoms with van der Waals surface area (Å²) < 4.78 is 49.1. The lowest BCUT2D eigenvalue weighted by atomic mass is 15.8. The van der Waals surface area contributed by atoms with Crippen molar-refractivity contribution in [2.75, 3.05) is 0 Å². The van der Waals surface area contributed by atoms with E-state index >= 15 is 0 Å². The first-order valence-electron chi connectivity index (χ1n) is 1.21. The first-order valence-corrected chi connectivity index (χ1v) is 3.64. The molecule has 48 valence electrons. The van der Waals surface area contributed by atoms with E-state index in [-0.39, 0.29) is 0 Å². The maximum Gasteiger partial charge on any atom is 0.482 e. The Morgan fingerprint density at radius 1 is 1.38 bits per heavy atom. The van der Waals surface area contributed by atoms with Crippen molar-refractivity contribution < 1.29 is 26.1 Å². The van der Waals surface area contributed by atoms with E-state index < -0.39 is 18.3 Å². The van der Waals surface area contributed by atoms with Gasteiger partial charge in [-0.1, -0.05) is 0 Å². The van der Waals surface area contributed by atoms with Crippen LogP contribution in [0.4, 0.5) is 0 Å². The molecule has 0 aliphatic carbocycles. The quantitative estimate of drug-likeness (QED) is 0.307. The van der Waals surface area contributed by atoms with Crippen molar-refractivity contribution in [3.05, 3.63) is 0 Å². The van der Waals surface area contributed by atoms with Gasteiger partial charge in [0.1, 0.15) is 0 Å². The van der Waals surface area contributed by atoms with Gasteiger partial charge in [-0.05, 0) is 0 Å². The molecule has 0 saturated carbocycles. The van der Waals surface area contributed by atoms with Gasteiger partial charge >= 0.3 is 7.91 Å². The van der Waals surface area contributed by atoms with Gasteiger partial charge in [-0.2, -0.15) is 3.97 Å². The lowest BCUT2D eigenvalue weighted by Gasteiger charge is -1.95. The molecule has 0 radical (unpaired) electrons. The molecule has 6 nitrogen and oxygen atoms in total. The topological polar surface area (TPSA) is 101 Å². The smallest absolute Gasteiger partial charge is 0.482 e. The summed E-state index contributed by atoms with van der Waals surface area (Å²) in [7, 11) is -8.66. The molecule has 0 aliphatic heterocycles. The van der Waals surface area contributed by atoms with Crippen LogP contribution in [0.5, 0.6) is 0 Å². The zero-order valence-corrected chi connectivity index (χ0v) is 5.02. The molecule has 0 fully saturated rings. The molecule has 0 heterocycles. The lowest BCUT2D eigenvalue weighted by Crippen LogP contribution is -1.94. The van der Waals surface area contributed by atoms with Gasteiger partial charge in [-0.3, -0.25) is 0 Å². The van der Waals surface area contributed by atoms with E-state index in [0.29, 0.717) is 0 Å². The molecule has 0 bridgehead atoms. The SMILES string of the molecule is O=P(=O)OS(=O)(=O)[O-]. The summed E-state index contributed by atoms with van der Waals surface area (Å²) >= 11 is 0. The third kappa shape index (κ3) is 5.77. The molecule has 0 atom stereocenters. The van der Waals surface area contributed by atoms with Crippen LogP contribution in [0.3, 0.4) is 0 Å². The van der Waals surface area contributed by atoms with Crippen molar-refractivity contribution >= 4 is 18.3 Å². The summed E-state index contributed by atoms with van der Waals surface area (Å²) in [6.45, 7) is 0. The predicted octanol–water partition coefficient (Wildman–Crippen LogP) is -0.449.